The smallest absolute Gasteiger partial charge is 0.416 e. The third kappa shape index (κ3) is 4.16. The van der Waals surface area contributed by atoms with Gasteiger partial charge in [0.25, 0.3) is 0 Å². The number of esters is 1. The van der Waals surface area contributed by atoms with E-state index in [1.807, 2.05) is 0 Å². The molecule has 0 radical (unpaired) electrons. The molecule has 0 fully saturated rings. The van der Waals surface area contributed by atoms with Gasteiger partial charge in [0.05, 0.1) is 18.8 Å². The lowest BCUT2D eigenvalue weighted by atomic mass is 9.96. The molecule has 1 aromatic carbocycles. The third-order valence-corrected chi connectivity index (χ3v) is 2.79. The number of aliphatic hydroxyl groups excluding tert-OH is 3. The van der Waals surface area contributed by atoms with Crippen LogP contribution in [0.1, 0.15) is 29.7 Å². The first-order valence-electron chi connectivity index (χ1n) is 6.06. The molecule has 1 aromatic rings. The number of halogens is 3. The molecule has 2 atom stereocenters. The minimum Gasteiger partial charge on any atom is -0.464 e. The number of ether oxygens (including phenoxy) is 1. The lowest BCUT2D eigenvalue weighted by Crippen LogP contribution is -2.30. The Bertz CT molecular complexity index is 501. The van der Waals surface area contributed by atoms with Crippen LogP contribution in [0.4, 0.5) is 13.2 Å². The maximum Gasteiger partial charge on any atom is 0.416 e. The van der Waals surface area contributed by atoms with Crippen LogP contribution >= 0.6 is 0 Å². The first kappa shape index (κ1) is 17.4. The van der Waals surface area contributed by atoms with Crippen molar-refractivity contribution < 1.29 is 38.0 Å². The summed E-state index contributed by atoms with van der Waals surface area (Å²) >= 11 is 0. The Balaban J connectivity index is 3.10. The molecule has 0 bridgehead atoms. The second kappa shape index (κ2) is 6.88. The number of aliphatic hydroxyl groups is 3. The molecular weight excluding hydrogens is 293 g/mol. The first-order chi connectivity index (χ1) is 9.72. The van der Waals surface area contributed by atoms with E-state index in [1.54, 1.807) is 0 Å². The van der Waals surface area contributed by atoms with Crippen molar-refractivity contribution in [2.75, 3.05) is 6.61 Å². The third-order valence-electron chi connectivity index (χ3n) is 2.79. The summed E-state index contributed by atoms with van der Waals surface area (Å²) in [4.78, 5) is 11.3. The summed E-state index contributed by atoms with van der Waals surface area (Å²) in [6, 6.07) is 2.24. The largest absolute Gasteiger partial charge is 0.464 e. The van der Waals surface area contributed by atoms with Gasteiger partial charge < -0.3 is 20.1 Å². The molecule has 8 heteroatoms. The Labute approximate surface area is 118 Å². The summed E-state index contributed by atoms with van der Waals surface area (Å²) in [6.45, 7) is 0.683. The zero-order valence-electron chi connectivity index (χ0n) is 11.1. The molecule has 21 heavy (non-hydrogen) atoms. The van der Waals surface area contributed by atoms with Crippen molar-refractivity contribution in [1.82, 2.24) is 0 Å². The fourth-order valence-corrected chi connectivity index (χ4v) is 1.73. The van der Waals surface area contributed by atoms with Crippen LogP contribution in [0.2, 0.25) is 0 Å². The van der Waals surface area contributed by atoms with E-state index in [-0.39, 0.29) is 17.7 Å². The van der Waals surface area contributed by atoms with Gasteiger partial charge >= 0.3 is 12.1 Å². The van der Waals surface area contributed by atoms with Crippen molar-refractivity contribution in [3.05, 3.63) is 34.9 Å². The highest BCUT2D eigenvalue weighted by Gasteiger charge is 2.33. The van der Waals surface area contributed by atoms with Crippen LogP contribution in [-0.2, 0) is 22.3 Å². The normalized spacial score (nSPS) is 14.6. The number of benzene rings is 1. The Morgan fingerprint density at radius 1 is 1.33 bits per heavy atom. The number of hydrogen-bond donors (Lipinski definition) is 3. The van der Waals surface area contributed by atoms with E-state index in [1.165, 1.54) is 6.92 Å². The van der Waals surface area contributed by atoms with Gasteiger partial charge in [-0.25, -0.2) is 4.79 Å². The van der Waals surface area contributed by atoms with E-state index >= 15 is 0 Å². The van der Waals surface area contributed by atoms with E-state index in [0.29, 0.717) is 12.1 Å². The van der Waals surface area contributed by atoms with E-state index in [2.05, 4.69) is 4.74 Å². The fraction of sp³-hybridized carbons (Fsp3) is 0.462. The van der Waals surface area contributed by atoms with Crippen molar-refractivity contribution in [3.63, 3.8) is 0 Å². The molecule has 5 nitrogen and oxygen atoms in total. The lowest BCUT2D eigenvalue weighted by molar-refractivity contribution is -0.159. The van der Waals surface area contributed by atoms with Crippen LogP contribution in [0, 0.1) is 0 Å². The van der Waals surface area contributed by atoms with Crippen LogP contribution in [0.15, 0.2) is 18.2 Å². The lowest BCUT2D eigenvalue weighted by Gasteiger charge is -2.20. The molecule has 1 rings (SSSR count). The number of carbonyl (C=O) groups excluding carboxylic acids is 1. The van der Waals surface area contributed by atoms with E-state index in [9.17, 15) is 28.2 Å². The van der Waals surface area contributed by atoms with Crippen LogP contribution in [-0.4, -0.2) is 34.0 Å². The number of hydrogen-bond acceptors (Lipinski definition) is 5. The van der Waals surface area contributed by atoms with Gasteiger partial charge in [-0.3, -0.25) is 0 Å². The molecule has 0 spiro atoms. The highest BCUT2D eigenvalue weighted by atomic mass is 19.4. The molecule has 0 amide bonds. The van der Waals surface area contributed by atoms with Crippen molar-refractivity contribution in [1.29, 1.82) is 0 Å². The zero-order valence-corrected chi connectivity index (χ0v) is 11.1. The van der Waals surface area contributed by atoms with Gasteiger partial charge in [0.1, 0.15) is 6.10 Å². The van der Waals surface area contributed by atoms with Crippen LogP contribution in [0.5, 0.6) is 0 Å². The topological polar surface area (TPSA) is 87.0 Å². The molecular formula is C13H15F3O5. The van der Waals surface area contributed by atoms with Crippen LogP contribution in [0.3, 0.4) is 0 Å². The van der Waals surface area contributed by atoms with Gasteiger partial charge in [0.15, 0.2) is 6.10 Å². The predicted octanol–water partition coefficient (Wildman–Crippen LogP) is 1.16. The number of alkyl halides is 3. The summed E-state index contributed by atoms with van der Waals surface area (Å²) in [6.07, 6.45) is -8.35. The zero-order chi connectivity index (χ0) is 16.2. The van der Waals surface area contributed by atoms with Crippen LogP contribution < -0.4 is 0 Å². The molecule has 3 N–H and O–H groups in total. The maximum absolute atomic E-state index is 12.6. The average molecular weight is 308 g/mol. The molecule has 0 aromatic heterocycles. The van der Waals surface area contributed by atoms with Gasteiger partial charge in [-0.1, -0.05) is 6.07 Å². The monoisotopic (exact) mass is 308 g/mol. The van der Waals surface area contributed by atoms with Gasteiger partial charge in [-0.05, 0) is 30.2 Å². The molecule has 0 aliphatic heterocycles. The number of carbonyl (C=O) groups is 1. The second-order valence-corrected chi connectivity index (χ2v) is 4.21. The first-order valence-corrected chi connectivity index (χ1v) is 6.06. The second-order valence-electron chi connectivity index (χ2n) is 4.21. The Morgan fingerprint density at radius 2 is 1.95 bits per heavy atom. The summed E-state index contributed by atoms with van der Waals surface area (Å²) in [5, 5.41) is 28.5. The average Bonchev–Trinajstić information content (AvgIpc) is 2.44. The Kier molecular flexibility index (Phi) is 5.70. The SMILES string of the molecule is CCOC(=O)C(O)C(O)c1ccc(C(F)(F)F)cc1CO. The summed E-state index contributed by atoms with van der Waals surface area (Å²) in [5.41, 5.74) is -1.42. The number of rotatable bonds is 5. The van der Waals surface area contributed by atoms with Crippen molar-refractivity contribution in [3.8, 4) is 0 Å². The fourth-order valence-electron chi connectivity index (χ4n) is 1.73. The highest BCUT2D eigenvalue weighted by Crippen LogP contribution is 2.32. The highest BCUT2D eigenvalue weighted by molar-refractivity contribution is 5.75. The Hall–Kier alpha value is -1.64. The summed E-state index contributed by atoms with van der Waals surface area (Å²) in [5.74, 6) is -1.10. The molecule has 0 heterocycles. The van der Waals surface area contributed by atoms with Crippen molar-refractivity contribution >= 4 is 5.97 Å². The molecule has 0 aliphatic rings. The summed E-state index contributed by atoms with van der Waals surface area (Å²) in [7, 11) is 0. The van der Waals surface area contributed by atoms with E-state index in [4.69, 9.17) is 5.11 Å². The van der Waals surface area contributed by atoms with E-state index in [0.717, 1.165) is 6.07 Å². The predicted molar refractivity (Wildman–Crippen MR) is 65.0 cm³/mol. The van der Waals surface area contributed by atoms with Crippen molar-refractivity contribution in [2.45, 2.75) is 31.9 Å². The van der Waals surface area contributed by atoms with Crippen molar-refractivity contribution in [2.24, 2.45) is 0 Å². The molecule has 0 saturated carbocycles. The molecule has 0 aliphatic carbocycles. The van der Waals surface area contributed by atoms with Gasteiger partial charge in [0, 0.05) is 0 Å². The quantitative estimate of drug-likeness (QED) is 0.711. The maximum atomic E-state index is 12.6. The van der Waals surface area contributed by atoms with E-state index < -0.39 is 36.5 Å². The van der Waals surface area contributed by atoms with Gasteiger partial charge in [0.2, 0.25) is 0 Å². The minimum atomic E-state index is -4.60. The summed E-state index contributed by atoms with van der Waals surface area (Å²) < 4.78 is 42.2. The van der Waals surface area contributed by atoms with Gasteiger partial charge in [-0.15, -0.1) is 0 Å². The molecule has 2 unspecified atom stereocenters. The van der Waals surface area contributed by atoms with Crippen LogP contribution in [0.25, 0.3) is 0 Å². The molecule has 118 valence electrons. The van der Waals surface area contributed by atoms with Gasteiger partial charge in [-0.2, -0.15) is 13.2 Å². The molecule has 0 saturated heterocycles. The Morgan fingerprint density at radius 3 is 2.43 bits per heavy atom. The minimum absolute atomic E-state index is 0.0253. The standard InChI is InChI=1S/C13H15F3O5/c1-2-21-12(20)11(19)10(18)9-4-3-8(13(14,15)16)5-7(9)6-17/h3-5,10-11,17-19H,2,6H2,1H3.